The van der Waals surface area contributed by atoms with E-state index < -0.39 is 17.7 Å². The number of piperazine rings is 1. The van der Waals surface area contributed by atoms with Crippen LogP contribution in [0.2, 0.25) is 0 Å². The van der Waals surface area contributed by atoms with Crippen molar-refractivity contribution in [3.63, 3.8) is 0 Å². The highest BCUT2D eigenvalue weighted by Crippen LogP contribution is 2.14. The van der Waals surface area contributed by atoms with Gasteiger partial charge in [0.25, 0.3) is 0 Å². The summed E-state index contributed by atoms with van der Waals surface area (Å²) in [5, 5.41) is 8.98. The van der Waals surface area contributed by atoms with Crippen LogP contribution in [-0.2, 0) is 14.3 Å². The molecule has 1 saturated heterocycles. The van der Waals surface area contributed by atoms with Crippen LogP contribution < -0.4 is 0 Å². The van der Waals surface area contributed by atoms with Gasteiger partial charge in [-0.15, -0.1) is 0 Å². The predicted octanol–water partition coefficient (Wildman–Crippen LogP) is 1.71. The Hall–Kier alpha value is -1.79. The van der Waals surface area contributed by atoms with E-state index in [1.165, 1.54) is 0 Å². The van der Waals surface area contributed by atoms with Gasteiger partial charge in [0, 0.05) is 26.1 Å². The molecule has 0 radical (unpaired) electrons. The molecule has 126 valence electrons. The van der Waals surface area contributed by atoms with Crippen LogP contribution >= 0.6 is 0 Å². The van der Waals surface area contributed by atoms with E-state index in [1.807, 2.05) is 20.8 Å². The van der Waals surface area contributed by atoms with Gasteiger partial charge < -0.3 is 14.7 Å². The summed E-state index contributed by atoms with van der Waals surface area (Å²) in [6, 6.07) is -0.642. The molecule has 0 spiro atoms. The number of hydrogen-bond donors (Lipinski definition) is 1. The van der Waals surface area contributed by atoms with Crippen molar-refractivity contribution in [2.45, 2.75) is 58.6 Å². The summed E-state index contributed by atoms with van der Waals surface area (Å²) in [5.41, 5.74) is -0.477. The normalized spacial score (nSPS) is 19.3. The number of amides is 2. The molecule has 0 aromatic carbocycles. The minimum absolute atomic E-state index is 0.175. The summed E-state index contributed by atoms with van der Waals surface area (Å²) in [7, 11) is 0. The molecule has 1 fully saturated rings. The van der Waals surface area contributed by atoms with Crippen LogP contribution in [0.15, 0.2) is 0 Å². The van der Waals surface area contributed by atoms with Crippen molar-refractivity contribution in [2.75, 3.05) is 19.6 Å². The zero-order valence-corrected chi connectivity index (χ0v) is 13.8. The highest BCUT2D eigenvalue weighted by atomic mass is 16.6. The number of carbonyl (C=O) groups is 3. The minimum Gasteiger partial charge on any atom is -0.465 e. The summed E-state index contributed by atoms with van der Waals surface area (Å²) in [6.45, 7) is 8.35. The Morgan fingerprint density at radius 1 is 1.27 bits per heavy atom. The van der Waals surface area contributed by atoms with Crippen LogP contribution in [0.4, 0.5) is 4.79 Å². The molecular weight excluding hydrogens is 288 g/mol. The number of esters is 1. The molecule has 0 aromatic heterocycles. The molecule has 1 rings (SSSR count). The van der Waals surface area contributed by atoms with E-state index in [0.29, 0.717) is 38.9 Å². The second-order valence-corrected chi connectivity index (χ2v) is 6.52. The van der Waals surface area contributed by atoms with Crippen molar-refractivity contribution in [1.29, 1.82) is 0 Å². The summed E-state index contributed by atoms with van der Waals surface area (Å²) < 4.78 is 5.22. The maximum Gasteiger partial charge on any atom is 0.408 e. The van der Waals surface area contributed by atoms with Crippen LogP contribution in [0.3, 0.4) is 0 Å². The zero-order chi connectivity index (χ0) is 16.9. The largest absolute Gasteiger partial charge is 0.465 e. The molecular formula is C15H26N2O5. The molecule has 7 nitrogen and oxygen atoms in total. The predicted molar refractivity (Wildman–Crippen MR) is 80.5 cm³/mol. The quantitative estimate of drug-likeness (QED) is 0.616. The van der Waals surface area contributed by atoms with E-state index in [0.717, 1.165) is 4.90 Å². The summed E-state index contributed by atoms with van der Waals surface area (Å²) in [6.07, 6.45) is 0.613. The number of carboxylic acid groups (broad SMARTS) is 1. The summed E-state index contributed by atoms with van der Waals surface area (Å²) in [5.74, 6) is -0.409. The second kappa shape index (κ2) is 7.47. The fourth-order valence-corrected chi connectivity index (χ4v) is 2.38. The maximum atomic E-state index is 12.1. The van der Waals surface area contributed by atoms with Crippen LogP contribution in [0.5, 0.6) is 0 Å². The first-order valence-corrected chi connectivity index (χ1v) is 7.62. The molecule has 1 aliphatic heterocycles. The molecule has 1 atom stereocenters. The molecule has 1 aliphatic rings. The minimum atomic E-state index is -1.06. The number of rotatable bonds is 5. The highest BCUT2D eigenvalue weighted by molar-refractivity contribution is 5.86. The van der Waals surface area contributed by atoms with Gasteiger partial charge in [-0.25, -0.2) is 4.79 Å². The van der Waals surface area contributed by atoms with Crippen molar-refractivity contribution in [3.8, 4) is 0 Å². The average molecular weight is 314 g/mol. The molecule has 1 N–H and O–H groups in total. The van der Waals surface area contributed by atoms with Crippen molar-refractivity contribution in [2.24, 2.45) is 0 Å². The Labute approximate surface area is 131 Å². The summed E-state index contributed by atoms with van der Waals surface area (Å²) >= 11 is 0. The van der Waals surface area contributed by atoms with Crippen molar-refractivity contribution in [3.05, 3.63) is 0 Å². The molecule has 0 bridgehead atoms. The Bertz CT molecular complexity index is 430. The van der Waals surface area contributed by atoms with E-state index >= 15 is 0 Å². The van der Waals surface area contributed by atoms with Crippen LogP contribution in [0.1, 0.15) is 47.0 Å². The van der Waals surface area contributed by atoms with E-state index in [2.05, 4.69) is 0 Å². The Balaban J connectivity index is 2.30. The third-order valence-electron chi connectivity index (χ3n) is 3.47. The lowest BCUT2D eigenvalue weighted by Gasteiger charge is -2.37. The molecule has 22 heavy (non-hydrogen) atoms. The lowest BCUT2D eigenvalue weighted by atomic mass is 10.1. The van der Waals surface area contributed by atoms with E-state index in [9.17, 15) is 14.4 Å². The molecule has 0 aliphatic carbocycles. The number of unbranched alkanes of at least 4 members (excludes halogenated alkanes) is 1. The second-order valence-electron chi connectivity index (χ2n) is 6.52. The first kappa shape index (κ1) is 18.3. The summed E-state index contributed by atoms with van der Waals surface area (Å²) in [4.78, 5) is 37.4. The number of carbonyl (C=O) groups excluding carboxylic acids is 2. The van der Waals surface area contributed by atoms with Gasteiger partial charge >= 0.3 is 12.1 Å². The molecule has 7 heteroatoms. The molecule has 1 heterocycles. The Morgan fingerprint density at radius 3 is 2.45 bits per heavy atom. The van der Waals surface area contributed by atoms with Crippen molar-refractivity contribution >= 4 is 18.0 Å². The van der Waals surface area contributed by atoms with Crippen molar-refractivity contribution < 1.29 is 24.2 Å². The van der Waals surface area contributed by atoms with Gasteiger partial charge in [0.2, 0.25) is 5.91 Å². The fourth-order valence-electron chi connectivity index (χ4n) is 2.38. The van der Waals surface area contributed by atoms with Crippen molar-refractivity contribution in [1.82, 2.24) is 9.80 Å². The van der Waals surface area contributed by atoms with E-state index in [-0.39, 0.29) is 11.9 Å². The van der Waals surface area contributed by atoms with Gasteiger partial charge in [0.1, 0.15) is 11.6 Å². The van der Waals surface area contributed by atoms with Crippen LogP contribution in [0.25, 0.3) is 0 Å². The third-order valence-corrected chi connectivity index (χ3v) is 3.47. The topological polar surface area (TPSA) is 87.2 Å². The molecule has 0 saturated carbocycles. The first-order chi connectivity index (χ1) is 10.1. The van der Waals surface area contributed by atoms with Gasteiger partial charge in [-0.2, -0.15) is 0 Å². The molecule has 1 unspecified atom stereocenters. The molecule has 0 aromatic rings. The van der Waals surface area contributed by atoms with Gasteiger partial charge in [-0.1, -0.05) is 0 Å². The monoisotopic (exact) mass is 314 g/mol. The molecule has 2 amide bonds. The third kappa shape index (κ3) is 5.54. The van der Waals surface area contributed by atoms with Gasteiger partial charge in [-0.05, 0) is 40.5 Å². The van der Waals surface area contributed by atoms with E-state index in [4.69, 9.17) is 9.84 Å². The van der Waals surface area contributed by atoms with Gasteiger partial charge in [-0.3, -0.25) is 14.5 Å². The standard InChI is InChI=1S/C15H26N2O5/c1-11-13(19)16(9-10-17(11)14(20)21)8-6-5-7-12(18)22-15(2,3)4/h11H,5-10H2,1-4H3,(H,20,21). The lowest BCUT2D eigenvalue weighted by molar-refractivity contribution is -0.154. The Morgan fingerprint density at radius 2 is 1.91 bits per heavy atom. The SMILES string of the molecule is CC1C(=O)N(CCCCC(=O)OC(C)(C)C)CCN1C(=O)O. The number of ether oxygens (including phenoxy) is 1. The zero-order valence-electron chi connectivity index (χ0n) is 13.8. The van der Waals surface area contributed by atoms with Crippen LogP contribution in [0, 0.1) is 0 Å². The lowest BCUT2D eigenvalue weighted by Crippen LogP contribution is -2.57. The average Bonchev–Trinajstić information content (AvgIpc) is 2.36. The Kier molecular flexibility index (Phi) is 6.20. The smallest absolute Gasteiger partial charge is 0.408 e. The maximum absolute atomic E-state index is 12.1. The van der Waals surface area contributed by atoms with E-state index in [1.54, 1.807) is 11.8 Å². The first-order valence-electron chi connectivity index (χ1n) is 7.62. The van der Waals surface area contributed by atoms with Crippen LogP contribution in [-0.4, -0.2) is 64.2 Å². The fraction of sp³-hybridized carbons (Fsp3) is 0.800. The van der Waals surface area contributed by atoms with Gasteiger partial charge in [0.05, 0.1) is 0 Å². The highest BCUT2D eigenvalue weighted by Gasteiger charge is 2.33. The number of nitrogens with zero attached hydrogens (tertiary/aromatic N) is 2. The number of hydrogen-bond acceptors (Lipinski definition) is 4. The van der Waals surface area contributed by atoms with Gasteiger partial charge in [0.15, 0.2) is 0 Å².